The summed E-state index contributed by atoms with van der Waals surface area (Å²) in [7, 11) is 0. The minimum atomic E-state index is -0.0543. The van der Waals surface area contributed by atoms with Gasteiger partial charge in [0, 0.05) is 12.1 Å². The number of nitrogens with one attached hydrogen (secondary N) is 1. The average molecular weight is 241 g/mol. The summed E-state index contributed by atoms with van der Waals surface area (Å²) < 4.78 is 0. The lowest BCUT2D eigenvalue weighted by Crippen LogP contribution is -2.25. The summed E-state index contributed by atoms with van der Waals surface area (Å²) in [5.74, 6) is -0.0543. The van der Waals surface area contributed by atoms with Crippen LogP contribution in [-0.4, -0.2) is 12.5 Å². The lowest BCUT2D eigenvalue weighted by Gasteiger charge is -2.06. The third-order valence-electron chi connectivity index (χ3n) is 2.58. The minimum Gasteiger partial charge on any atom is -0.348 e. The number of carbonyl (C=O) groups is 1. The van der Waals surface area contributed by atoms with E-state index < -0.39 is 0 Å². The smallest absolute Gasteiger partial charge is 0.251 e. The molecule has 1 aromatic rings. The molecule has 0 saturated carbocycles. The summed E-state index contributed by atoms with van der Waals surface area (Å²) in [4.78, 5) is 11.9. The molecule has 1 amide bonds. The van der Waals surface area contributed by atoms with Gasteiger partial charge in [0.15, 0.2) is 0 Å². The van der Waals surface area contributed by atoms with Crippen molar-refractivity contribution in [1.29, 1.82) is 0 Å². The van der Waals surface area contributed by atoms with E-state index in [9.17, 15) is 4.79 Å². The molecule has 1 rings (SSSR count). The van der Waals surface area contributed by atoms with Crippen molar-refractivity contribution in [1.82, 2.24) is 5.32 Å². The van der Waals surface area contributed by atoms with Gasteiger partial charge in [0.1, 0.15) is 0 Å². The van der Waals surface area contributed by atoms with E-state index >= 15 is 0 Å². The molecular weight excluding hydrogens is 222 g/mol. The summed E-state index contributed by atoms with van der Waals surface area (Å²) in [5.41, 5.74) is 2.88. The van der Waals surface area contributed by atoms with E-state index in [2.05, 4.69) is 11.9 Å². The molecule has 18 heavy (non-hydrogen) atoms. The van der Waals surface area contributed by atoms with Crippen LogP contribution < -0.4 is 5.32 Å². The molecule has 0 aliphatic rings. The van der Waals surface area contributed by atoms with Gasteiger partial charge in [0.25, 0.3) is 5.91 Å². The van der Waals surface area contributed by atoms with E-state index in [1.807, 2.05) is 56.3 Å². The molecule has 0 bridgehead atoms. The number of rotatable bonds is 5. The predicted molar refractivity (Wildman–Crippen MR) is 76.6 cm³/mol. The van der Waals surface area contributed by atoms with Gasteiger partial charge in [0.05, 0.1) is 0 Å². The van der Waals surface area contributed by atoms with E-state index in [1.165, 1.54) is 0 Å². The predicted octanol–water partition coefficient (Wildman–Crippen LogP) is 3.41. The Morgan fingerprint density at radius 2 is 2.00 bits per heavy atom. The summed E-state index contributed by atoms with van der Waals surface area (Å²) in [6.45, 7) is 8.08. The Morgan fingerprint density at radius 1 is 1.33 bits per heavy atom. The Balaban J connectivity index is 2.58. The highest BCUT2D eigenvalue weighted by atomic mass is 16.1. The lowest BCUT2D eigenvalue weighted by molar-refractivity contribution is 0.0957. The van der Waals surface area contributed by atoms with E-state index in [-0.39, 0.29) is 5.91 Å². The lowest BCUT2D eigenvalue weighted by atomic mass is 10.1. The van der Waals surface area contributed by atoms with Crippen molar-refractivity contribution in [3.8, 4) is 0 Å². The molecular formula is C16H19NO. The zero-order chi connectivity index (χ0) is 13.4. The number of allylic oxidation sites excluding steroid dienone is 3. The van der Waals surface area contributed by atoms with Crippen molar-refractivity contribution < 1.29 is 4.79 Å². The van der Waals surface area contributed by atoms with Crippen LogP contribution in [0.1, 0.15) is 22.8 Å². The number of aryl methyl sites for hydroxylation is 1. The first-order valence-electron chi connectivity index (χ1n) is 5.96. The molecule has 0 saturated heterocycles. The molecule has 0 atom stereocenters. The van der Waals surface area contributed by atoms with Crippen LogP contribution in [0.25, 0.3) is 0 Å². The monoisotopic (exact) mass is 241 g/mol. The maximum atomic E-state index is 11.9. The zero-order valence-corrected chi connectivity index (χ0v) is 10.9. The second kappa shape index (κ2) is 7.28. The maximum absolute atomic E-state index is 11.9. The number of amides is 1. The zero-order valence-electron chi connectivity index (χ0n) is 10.9. The summed E-state index contributed by atoms with van der Waals surface area (Å²) >= 11 is 0. The second-order valence-electron chi connectivity index (χ2n) is 4.01. The van der Waals surface area contributed by atoms with E-state index in [1.54, 1.807) is 6.08 Å². The van der Waals surface area contributed by atoms with E-state index in [4.69, 9.17) is 0 Å². The highest BCUT2D eigenvalue weighted by molar-refractivity contribution is 5.94. The third-order valence-corrected chi connectivity index (χ3v) is 2.58. The van der Waals surface area contributed by atoms with Crippen LogP contribution in [0.2, 0.25) is 0 Å². The molecule has 0 aromatic heterocycles. The fourth-order valence-electron chi connectivity index (χ4n) is 1.44. The molecule has 0 aliphatic carbocycles. The van der Waals surface area contributed by atoms with Gasteiger partial charge < -0.3 is 5.32 Å². The topological polar surface area (TPSA) is 29.1 Å². The summed E-state index contributed by atoms with van der Waals surface area (Å²) in [5, 5.41) is 2.89. The van der Waals surface area contributed by atoms with E-state index in [0.717, 1.165) is 11.1 Å². The molecule has 0 heterocycles. The van der Waals surface area contributed by atoms with Crippen molar-refractivity contribution in [2.75, 3.05) is 6.54 Å². The molecule has 1 aromatic carbocycles. The van der Waals surface area contributed by atoms with Gasteiger partial charge in [-0.3, -0.25) is 4.79 Å². The summed E-state index contributed by atoms with van der Waals surface area (Å²) in [6.07, 6.45) is 7.47. The normalized spacial score (nSPS) is 11.6. The Hall–Kier alpha value is -2.09. The molecule has 0 fully saturated rings. The molecule has 0 radical (unpaired) electrons. The van der Waals surface area contributed by atoms with Gasteiger partial charge in [-0.2, -0.15) is 0 Å². The quantitative estimate of drug-likeness (QED) is 0.786. The molecule has 0 spiro atoms. The number of carbonyl (C=O) groups excluding carboxylic acids is 1. The maximum Gasteiger partial charge on any atom is 0.251 e. The fourth-order valence-corrected chi connectivity index (χ4v) is 1.44. The number of hydrogen-bond donors (Lipinski definition) is 1. The number of hydrogen-bond acceptors (Lipinski definition) is 1. The molecule has 0 unspecified atom stereocenters. The van der Waals surface area contributed by atoms with Crippen molar-refractivity contribution in [2.24, 2.45) is 0 Å². The van der Waals surface area contributed by atoms with Crippen LogP contribution in [0.4, 0.5) is 0 Å². The van der Waals surface area contributed by atoms with Crippen LogP contribution >= 0.6 is 0 Å². The average Bonchev–Trinajstić information content (AvgIpc) is 2.39. The first kappa shape index (κ1) is 14.0. The Labute approximate surface area is 109 Å². The highest BCUT2D eigenvalue weighted by Gasteiger charge is 2.04. The summed E-state index contributed by atoms with van der Waals surface area (Å²) in [6, 6.07) is 7.53. The molecule has 2 nitrogen and oxygen atoms in total. The standard InChI is InChI=1S/C16H19NO/c1-4-6-7-14(5-2)12-17-16(18)15-10-8-13(3)9-11-15/h4-11H,1,12H2,2-3H3,(H,17,18)/b7-6-,14-5+. The van der Waals surface area contributed by atoms with Crippen LogP contribution in [0.5, 0.6) is 0 Å². The number of benzene rings is 1. The molecule has 2 heteroatoms. The minimum absolute atomic E-state index is 0.0543. The SMILES string of the molecule is C=C/C=C\C(=C/C)CNC(=O)c1ccc(C)cc1. The Bertz CT molecular complexity index is 466. The first-order chi connectivity index (χ1) is 8.67. The third kappa shape index (κ3) is 4.42. The van der Waals surface area contributed by atoms with Gasteiger partial charge in [-0.25, -0.2) is 0 Å². The highest BCUT2D eigenvalue weighted by Crippen LogP contribution is 2.03. The second-order valence-corrected chi connectivity index (χ2v) is 4.01. The molecule has 1 N–H and O–H groups in total. The van der Waals surface area contributed by atoms with E-state index in [0.29, 0.717) is 12.1 Å². The van der Waals surface area contributed by atoms with Crippen LogP contribution in [0, 0.1) is 6.92 Å². The van der Waals surface area contributed by atoms with Crippen molar-refractivity contribution in [3.63, 3.8) is 0 Å². The Kier molecular flexibility index (Phi) is 5.65. The van der Waals surface area contributed by atoms with Gasteiger partial charge in [0.2, 0.25) is 0 Å². The van der Waals surface area contributed by atoms with Gasteiger partial charge in [-0.1, -0.05) is 48.6 Å². The molecule has 94 valence electrons. The molecule has 0 aliphatic heterocycles. The van der Waals surface area contributed by atoms with Crippen molar-refractivity contribution in [3.05, 3.63) is 71.8 Å². The van der Waals surface area contributed by atoms with Crippen LogP contribution in [0.3, 0.4) is 0 Å². The van der Waals surface area contributed by atoms with Crippen molar-refractivity contribution in [2.45, 2.75) is 13.8 Å². The first-order valence-corrected chi connectivity index (χ1v) is 5.96. The van der Waals surface area contributed by atoms with Crippen LogP contribution in [0.15, 0.2) is 60.7 Å². The van der Waals surface area contributed by atoms with Gasteiger partial charge in [-0.15, -0.1) is 0 Å². The van der Waals surface area contributed by atoms with Gasteiger partial charge in [-0.05, 0) is 31.6 Å². The van der Waals surface area contributed by atoms with Gasteiger partial charge >= 0.3 is 0 Å². The fraction of sp³-hybridized carbons (Fsp3) is 0.188. The van der Waals surface area contributed by atoms with Crippen molar-refractivity contribution >= 4 is 5.91 Å². The largest absolute Gasteiger partial charge is 0.348 e. The van der Waals surface area contributed by atoms with Crippen LogP contribution in [-0.2, 0) is 0 Å². The Morgan fingerprint density at radius 3 is 2.56 bits per heavy atom.